The molecule has 1 aromatic carbocycles. The van der Waals surface area contributed by atoms with Crippen molar-refractivity contribution in [3.05, 3.63) is 28.8 Å². The van der Waals surface area contributed by atoms with Crippen LogP contribution in [0, 0.1) is 5.41 Å². The highest BCUT2D eigenvalue weighted by molar-refractivity contribution is 7.80. The molecular weight excluding hydrogens is 284 g/mol. The molecule has 2 N–H and O–H groups in total. The fourth-order valence-corrected chi connectivity index (χ4v) is 2.59. The normalized spacial score (nSPS) is 22.6. The third-order valence-corrected chi connectivity index (χ3v) is 4.14. The molecule has 2 amide bonds. The molecule has 1 aromatic rings. The van der Waals surface area contributed by atoms with Gasteiger partial charge in [0, 0.05) is 18.0 Å². The quantitative estimate of drug-likeness (QED) is 0.820. The first kappa shape index (κ1) is 14.2. The number of nitrogens with zero attached hydrogens (tertiary/aromatic N) is 1. The average Bonchev–Trinajstić information content (AvgIpc) is 2.76. The Kier molecular flexibility index (Phi) is 3.78. The van der Waals surface area contributed by atoms with Crippen molar-refractivity contribution >= 4 is 36.0 Å². The molecule has 0 aliphatic carbocycles. The van der Waals surface area contributed by atoms with Crippen molar-refractivity contribution in [2.45, 2.75) is 18.2 Å². The van der Waals surface area contributed by atoms with Gasteiger partial charge < -0.3 is 10.6 Å². The molecule has 0 radical (unpaired) electrons. The van der Waals surface area contributed by atoms with Gasteiger partial charge in [0.15, 0.2) is 0 Å². The molecule has 1 unspecified atom stereocenters. The fraction of sp³-hybridized carbons (Fsp3) is 0.385. The lowest BCUT2D eigenvalue weighted by Gasteiger charge is -2.21. The molecule has 1 heterocycles. The number of likely N-dealkylation sites (tertiary alicyclic amines) is 1. The number of primary amides is 1. The van der Waals surface area contributed by atoms with Gasteiger partial charge in [-0.05, 0) is 31.5 Å². The van der Waals surface area contributed by atoms with Crippen LogP contribution >= 0.6 is 24.2 Å². The van der Waals surface area contributed by atoms with Gasteiger partial charge in [0.05, 0.1) is 16.0 Å². The molecule has 102 valence electrons. The molecule has 6 heteroatoms. The topological polar surface area (TPSA) is 63.4 Å². The Morgan fingerprint density at radius 3 is 2.74 bits per heavy atom. The first-order valence-electron chi connectivity index (χ1n) is 5.91. The molecule has 0 aromatic heterocycles. The minimum atomic E-state index is -0.652. The summed E-state index contributed by atoms with van der Waals surface area (Å²) in [6.07, 6.45) is 0.576. The van der Waals surface area contributed by atoms with Gasteiger partial charge in [-0.15, -0.1) is 12.6 Å². The van der Waals surface area contributed by atoms with Crippen molar-refractivity contribution in [3.8, 4) is 0 Å². The number of carbonyl (C=O) groups is 2. The van der Waals surface area contributed by atoms with Gasteiger partial charge in [0.1, 0.15) is 0 Å². The molecular formula is C13H15ClN2O2S. The maximum atomic E-state index is 12.4. The van der Waals surface area contributed by atoms with Crippen LogP contribution in [0.15, 0.2) is 23.1 Å². The summed E-state index contributed by atoms with van der Waals surface area (Å²) in [5, 5.41) is 0.385. The van der Waals surface area contributed by atoms with Gasteiger partial charge in [-0.2, -0.15) is 0 Å². The second-order valence-corrected chi connectivity index (χ2v) is 5.99. The minimum absolute atomic E-state index is 0.189. The van der Waals surface area contributed by atoms with Crippen LogP contribution in [0.2, 0.25) is 5.02 Å². The summed E-state index contributed by atoms with van der Waals surface area (Å²) >= 11 is 10.2. The monoisotopic (exact) mass is 298 g/mol. The number of benzene rings is 1. The Morgan fingerprint density at radius 1 is 1.47 bits per heavy atom. The molecule has 1 fully saturated rings. The number of nitrogens with two attached hydrogens (primary N) is 1. The third-order valence-electron chi connectivity index (χ3n) is 3.54. The molecule has 0 spiro atoms. The number of hydrogen-bond acceptors (Lipinski definition) is 3. The van der Waals surface area contributed by atoms with Crippen LogP contribution in [0.3, 0.4) is 0 Å². The first-order chi connectivity index (χ1) is 8.83. The van der Waals surface area contributed by atoms with E-state index in [9.17, 15) is 9.59 Å². The minimum Gasteiger partial charge on any atom is -0.369 e. The van der Waals surface area contributed by atoms with E-state index in [1.807, 2.05) is 0 Å². The zero-order valence-corrected chi connectivity index (χ0v) is 12.2. The summed E-state index contributed by atoms with van der Waals surface area (Å²) in [4.78, 5) is 26.1. The summed E-state index contributed by atoms with van der Waals surface area (Å²) < 4.78 is 0. The van der Waals surface area contributed by atoms with Crippen LogP contribution in [0.5, 0.6) is 0 Å². The standard InChI is InChI=1S/C13H15ClN2O2S/c1-13(12(15)18)4-5-16(7-13)11(17)9-6-8(19)2-3-10(9)14/h2-3,6,19H,4-5,7H2,1H3,(H2,15,18). The number of hydrogen-bond donors (Lipinski definition) is 2. The van der Waals surface area contributed by atoms with E-state index < -0.39 is 5.41 Å². The molecule has 2 rings (SSSR count). The van der Waals surface area contributed by atoms with Gasteiger partial charge in [0.2, 0.25) is 5.91 Å². The maximum absolute atomic E-state index is 12.4. The lowest BCUT2D eigenvalue weighted by molar-refractivity contribution is -0.126. The van der Waals surface area contributed by atoms with E-state index in [2.05, 4.69) is 12.6 Å². The molecule has 1 aliphatic heterocycles. The van der Waals surface area contributed by atoms with E-state index >= 15 is 0 Å². The number of carbonyl (C=O) groups excluding carboxylic acids is 2. The highest BCUT2D eigenvalue weighted by Gasteiger charge is 2.41. The summed E-state index contributed by atoms with van der Waals surface area (Å²) in [6.45, 7) is 2.61. The Hall–Kier alpha value is -1.20. The Bertz CT molecular complexity index is 549. The van der Waals surface area contributed by atoms with E-state index in [0.29, 0.717) is 35.0 Å². The van der Waals surface area contributed by atoms with Gasteiger partial charge in [0.25, 0.3) is 5.91 Å². The van der Waals surface area contributed by atoms with Crippen molar-refractivity contribution < 1.29 is 9.59 Å². The first-order valence-corrected chi connectivity index (χ1v) is 6.74. The third kappa shape index (κ3) is 2.72. The van der Waals surface area contributed by atoms with E-state index in [1.54, 1.807) is 30.0 Å². The summed E-state index contributed by atoms with van der Waals surface area (Å²) in [6, 6.07) is 4.99. The van der Waals surface area contributed by atoms with Gasteiger partial charge >= 0.3 is 0 Å². The van der Waals surface area contributed by atoms with Crippen LogP contribution in [0.25, 0.3) is 0 Å². The molecule has 0 bridgehead atoms. The van der Waals surface area contributed by atoms with Crippen LogP contribution in [-0.4, -0.2) is 29.8 Å². The van der Waals surface area contributed by atoms with Gasteiger partial charge in [-0.3, -0.25) is 9.59 Å². The van der Waals surface area contributed by atoms with Crippen molar-refractivity contribution in [1.82, 2.24) is 4.90 Å². The molecule has 19 heavy (non-hydrogen) atoms. The van der Waals surface area contributed by atoms with Gasteiger partial charge in [-0.25, -0.2) is 0 Å². The summed E-state index contributed by atoms with van der Waals surface area (Å²) in [5.41, 5.74) is 5.13. The van der Waals surface area contributed by atoms with Crippen LogP contribution in [0.1, 0.15) is 23.7 Å². The zero-order chi connectivity index (χ0) is 14.2. The smallest absolute Gasteiger partial charge is 0.255 e. The average molecular weight is 299 g/mol. The van der Waals surface area contributed by atoms with Crippen LogP contribution < -0.4 is 5.73 Å². The van der Waals surface area contributed by atoms with E-state index in [-0.39, 0.29) is 11.8 Å². The molecule has 0 saturated carbocycles. The Balaban J connectivity index is 2.22. The Morgan fingerprint density at radius 2 is 2.16 bits per heavy atom. The number of rotatable bonds is 2. The van der Waals surface area contributed by atoms with Crippen molar-refractivity contribution in [2.75, 3.05) is 13.1 Å². The van der Waals surface area contributed by atoms with E-state index in [1.165, 1.54) is 0 Å². The molecule has 4 nitrogen and oxygen atoms in total. The van der Waals surface area contributed by atoms with Crippen molar-refractivity contribution in [1.29, 1.82) is 0 Å². The van der Waals surface area contributed by atoms with Crippen molar-refractivity contribution in [3.63, 3.8) is 0 Å². The lowest BCUT2D eigenvalue weighted by Crippen LogP contribution is -2.38. The van der Waals surface area contributed by atoms with E-state index in [0.717, 1.165) is 0 Å². The fourth-order valence-electron chi connectivity index (χ4n) is 2.18. The SMILES string of the molecule is CC1(C(N)=O)CCN(C(=O)c2cc(S)ccc2Cl)C1. The second-order valence-electron chi connectivity index (χ2n) is 5.07. The van der Waals surface area contributed by atoms with Gasteiger partial charge in [-0.1, -0.05) is 11.6 Å². The largest absolute Gasteiger partial charge is 0.369 e. The summed E-state index contributed by atoms with van der Waals surface area (Å²) in [7, 11) is 0. The molecule has 1 saturated heterocycles. The Labute approximate surface area is 122 Å². The predicted molar refractivity (Wildman–Crippen MR) is 76.5 cm³/mol. The van der Waals surface area contributed by atoms with Crippen molar-refractivity contribution in [2.24, 2.45) is 11.1 Å². The lowest BCUT2D eigenvalue weighted by atomic mass is 9.89. The van der Waals surface area contributed by atoms with E-state index in [4.69, 9.17) is 17.3 Å². The molecule has 1 atom stereocenters. The van der Waals surface area contributed by atoms with Crippen LogP contribution in [-0.2, 0) is 4.79 Å². The second kappa shape index (κ2) is 5.06. The number of thiol groups is 1. The zero-order valence-electron chi connectivity index (χ0n) is 10.5. The highest BCUT2D eigenvalue weighted by atomic mass is 35.5. The number of halogens is 1. The molecule has 1 aliphatic rings. The summed E-state index contributed by atoms with van der Waals surface area (Å²) in [5.74, 6) is -0.567. The van der Waals surface area contributed by atoms with Crippen LogP contribution in [0.4, 0.5) is 0 Å². The highest BCUT2D eigenvalue weighted by Crippen LogP contribution is 2.31. The maximum Gasteiger partial charge on any atom is 0.255 e. The predicted octanol–water partition coefficient (Wildman–Crippen LogP) is 1.97. The number of amides is 2.